The van der Waals surface area contributed by atoms with Crippen molar-refractivity contribution in [3.63, 3.8) is 0 Å². The van der Waals surface area contributed by atoms with Crippen molar-refractivity contribution in [2.45, 2.75) is 13.5 Å². The Hall–Kier alpha value is -1.39. The second-order valence-electron chi connectivity index (χ2n) is 3.17. The number of aryl methyl sites for hydroxylation is 1. The molecule has 0 atom stereocenters. The van der Waals surface area contributed by atoms with Gasteiger partial charge in [0.2, 0.25) is 0 Å². The molecule has 78 valence electrons. The Bertz CT molecular complexity index is 478. The number of hydrogen-bond acceptors (Lipinski definition) is 3. The Labute approximate surface area is 92.7 Å². The first-order valence-electron chi connectivity index (χ1n) is 4.59. The van der Waals surface area contributed by atoms with E-state index in [1.54, 1.807) is 4.68 Å². The lowest BCUT2D eigenvalue weighted by atomic mass is 10.3. The first kappa shape index (κ1) is 10.1. The molecule has 0 amide bonds. The maximum absolute atomic E-state index is 5.90. The summed E-state index contributed by atoms with van der Waals surface area (Å²) >= 11 is 5.90. The van der Waals surface area contributed by atoms with E-state index in [1.165, 1.54) is 0 Å². The zero-order valence-corrected chi connectivity index (χ0v) is 9.07. The van der Waals surface area contributed by atoms with Gasteiger partial charge in [-0.05, 0) is 25.1 Å². The van der Waals surface area contributed by atoms with Crippen molar-refractivity contribution < 1.29 is 0 Å². The molecule has 1 aromatic carbocycles. The van der Waals surface area contributed by atoms with Crippen LogP contribution in [0.4, 0.5) is 0 Å². The normalized spacial score (nSPS) is 10.6. The standard InChI is InChI=1S/C10H11ClN4/c1-7-13-10(6-12)15(14-7)9-4-2-3-8(11)5-9/h2-5H,6,12H2,1H3. The van der Waals surface area contributed by atoms with Crippen molar-refractivity contribution in [1.29, 1.82) is 0 Å². The van der Waals surface area contributed by atoms with E-state index in [-0.39, 0.29) is 0 Å². The van der Waals surface area contributed by atoms with Crippen LogP contribution in [-0.4, -0.2) is 14.8 Å². The van der Waals surface area contributed by atoms with Gasteiger partial charge in [-0.2, -0.15) is 5.10 Å². The van der Waals surface area contributed by atoms with Crippen molar-refractivity contribution in [2.24, 2.45) is 5.73 Å². The number of rotatable bonds is 2. The third-order valence-corrected chi connectivity index (χ3v) is 2.25. The van der Waals surface area contributed by atoms with Crippen molar-refractivity contribution in [3.05, 3.63) is 40.9 Å². The molecule has 2 rings (SSSR count). The second kappa shape index (κ2) is 4.00. The molecule has 0 spiro atoms. The molecule has 15 heavy (non-hydrogen) atoms. The summed E-state index contributed by atoms with van der Waals surface area (Å²) in [5.74, 6) is 1.44. The summed E-state index contributed by atoms with van der Waals surface area (Å²) in [6.07, 6.45) is 0. The van der Waals surface area contributed by atoms with Crippen molar-refractivity contribution >= 4 is 11.6 Å². The third kappa shape index (κ3) is 2.00. The van der Waals surface area contributed by atoms with E-state index >= 15 is 0 Å². The maximum Gasteiger partial charge on any atom is 0.148 e. The first-order chi connectivity index (χ1) is 7.20. The van der Waals surface area contributed by atoms with E-state index in [0.717, 1.165) is 11.5 Å². The van der Waals surface area contributed by atoms with Crippen LogP contribution in [0.25, 0.3) is 5.69 Å². The van der Waals surface area contributed by atoms with Gasteiger partial charge in [-0.3, -0.25) is 0 Å². The summed E-state index contributed by atoms with van der Waals surface area (Å²) in [5.41, 5.74) is 6.46. The minimum atomic E-state index is 0.355. The quantitative estimate of drug-likeness (QED) is 0.841. The molecule has 4 nitrogen and oxygen atoms in total. The third-order valence-electron chi connectivity index (χ3n) is 2.02. The van der Waals surface area contributed by atoms with E-state index < -0.39 is 0 Å². The Morgan fingerprint density at radius 1 is 1.47 bits per heavy atom. The largest absolute Gasteiger partial charge is 0.324 e. The smallest absolute Gasteiger partial charge is 0.148 e. The van der Waals surface area contributed by atoms with Crippen LogP contribution in [0.2, 0.25) is 5.02 Å². The number of nitrogens with two attached hydrogens (primary N) is 1. The molecule has 5 heteroatoms. The summed E-state index contributed by atoms with van der Waals surface area (Å²) in [7, 11) is 0. The molecule has 2 aromatic rings. The van der Waals surface area contributed by atoms with Gasteiger partial charge >= 0.3 is 0 Å². The number of benzene rings is 1. The van der Waals surface area contributed by atoms with Crippen molar-refractivity contribution in [2.75, 3.05) is 0 Å². The molecule has 0 aliphatic carbocycles. The topological polar surface area (TPSA) is 56.7 Å². The van der Waals surface area contributed by atoms with Gasteiger partial charge in [0.25, 0.3) is 0 Å². The van der Waals surface area contributed by atoms with Crippen LogP contribution in [0, 0.1) is 6.92 Å². The predicted octanol–water partition coefficient (Wildman–Crippen LogP) is 1.69. The Morgan fingerprint density at radius 2 is 2.27 bits per heavy atom. The summed E-state index contributed by atoms with van der Waals surface area (Å²) in [4.78, 5) is 4.22. The van der Waals surface area contributed by atoms with Gasteiger partial charge in [0.15, 0.2) is 0 Å². The first-order valence-corrected chi connectivity index (χ1v) is 4.97. The molecule has 0 radical (unpaired) electrons. The second-order valence-corrected chi connectivity index (χ2v) is 3.61. The fourth-order valence-corrected chi connectivity index (χ4v) is 1.59. The van der Waals surface area contributed by atoms with Crippen LogP contribution in [0.15, 0.2) is 24.3 Å². The fourth-order valence-electron chi connectivity index (χ4n) is 1.41. The lowest BCUT2D eigenvalue weighted by Crippen LogP contribution is -2.07. The van der Waals surface area contributed by atoms with E-state index in [2.05, 4.69) is 10.1 Å². The number of aromatic nitrogens is 3. The molecule has 0 aliphatic heterocycles. The van der Waals surface area contributed by atoms with Gasteiger partial charge in [-0.25, -0.2) is 9.67 Å². The SMILES string of the molecule is Cc1nc(CN)n(-c2cccc(Cl)c2)n1. The van der Waals surface area contributed by atoms with Crippen LogP contribution >= 0.6 is 11.6 Å². The van der Waals surface area contributed by atoms with Crippen LogP contribution < -0.4 is 5.73 Å². The highest BCUT2D eigenvalue weighted by Gasteiger charge is 2.07. The average molecular weight is 223 g/mol. The highest BCUT2D eigenvalue weighted by Crippen LogP contribution is 2.15. The molecule has 0 aliphatic rings. The Kier molecular flexibility index (Phi) is 2.70. The zero-order chi connectivity index (χ0) is 10.8. The predicted molar refractivity (Wildman–Crippen MR) is 59.0 cm³/mol. The number of halogens is 1. The Balaban J connectivity index is 2.53. The molecule has 2 N–H and O–H groups in total. The van der Waals surface area contributed by atoms with Crippen molar-refractivity contribution in [1.82, 2.24) is 14.8 Å². The van der Waals surface area contributed by atoms with Gasteiger partial charge in [0.1, 0.15) is 11.6 Å². The highest BCUT2D eigenvalue weighted by molar-refractivity contribution is 6.30. The lowest BCUT2D eigenvalue weighted by molar-refractivity contribution is 0.786. The summed E-state index contributed by atoms with van der Waals surface area (Å²) in [6.45, 7) is 2.19. The molecule has 1 aromatic heterocycles. The average Bonchev–Trinajstić information content (AvgIpc) is 2.59. The number of nitrogens with zero attached hydrogens (tertiary/aromatic N) is 3. The van der Waals surface area contributed by atoms with E-state index in [4.69, 9.17) is 17.3 Å². The van der Waals surface area contributed by atoms with E-state index in [1.807, 2.05) is 31.2 Å². The molecule has 0 fully saturated rings. The van der Waals surface area contributed by atoms with Crippen LogP contribution in [0.1, 0.15) is 11.6 Å². The molecule has 0 saturated heterocycles. The van der Waals surface area contributed by atoms with E-state index in [9.17, 15) is 0 Å². The van der Waals surface area contributed by atoms with Gasteiger partial charge < -0.3 is 5.73 Å². The maximum atomic E-state index is 5.90. The highest BCUT2D eigenvalue weighted by atomic mass is 35.5. The van der Waals surface area contributed by atoms with E-state index in [0.29, 0.717) is 17.4 Å². The number of hydrogen-bond donors (Lipinski definition) is 1. The van der Waals surface area contributed by atoms with Crippen molar-refractivity contribution in [3.8, 4) is 5.69 Å². The molecular formula is C10H11ClN4. The van der Waals surface area contributed by atoms with Gasteiger partial charge in [0, 0.05) is 5.02 Å². The van der Waals surface area contributed by atoms with Crippen LogP contribution in [-0.2, 0) is 6.54 Å². The fraction of sp³-hybridized carbons (Fsp3) is 0.200. The summed E-state index contributed by atoms with van der Waals surface area (Å²) in [5, 5.41) is 4.93. The van der Waals surface area contributed by atoms with Crippen LogP contribution in [0.5, 0.6) is 0 Å². The molecule has 0 unspecified atom stereocenters. The molecule has 1 heterocycles. The summed E-state index contributed by atoms with van der Waals surface area (Å²) < 4.78 is 1.71. The van der Waals surface area contributed by atoms with Crippen LogP contribution in [0.3, 0.4) is 0 Å². The molecule has 0 saturated carbocycles. The van der Waals surface area contributed by atoms with Gasteiger partial charge in [-0.15, -0.1) is 0 Å². The Morgan fingerprint density at radius 3 is 2.93 bits per heavy atom. The van der Waals surface area contributed by atoms with Gasteiger partial charge in [-0.1, -0.05) is 17.7 Å². The molecular weight excluding hydrogens is 212 g/mol. The minimum absolute atomic E-state index is 0.355. The zero-order valence-electron chi connectivity index (χ0n) is 8.31. The summed E-state index contributed by atoms with van der Waals surface area (Å²) in [6, 6.07) is 7.43. The lowest BCUT2D eigenvalue weighted by Gasteiger charge is -2.03. The monoisotopic (exact) mass is 222 g/mol. The minimum Gasteiger partial charge on any atom is -0.324 e. The van der Waals surface area contributed by atoms with Gasteiger partial charge in [0.05, 0.1) is 12.2 Å². The molecule has 0 bridgehead atoms.